The summed E-state index contributed by atoms with van der Waals surface area (Å²) in [6.07, 6.45) is 0. The summed E-state index contributed by atoms with van der Waals surface area (Å²) in [4.78, 5) is 11.3. The Morgan fingerprint density at radius 1 is 0.385 bits per heavy atom. The minimum atomic E-state index is 0.675. The average molecular weight is 678 g/mol. The lowest BCUT2D eigenvalue weighted by molar-refractivity contribution is 1.02. The van der Waals surface area contributed by atoms with E-state index in [0.717, 1.165) is 44.0 Å². The smallest absolute Gasteiger partial charge is 0.235 e. The van der Waals surface area contributed by atoms with Crippen molar-refractivity contribution < 1.29 is 0 Å². The van der Waals surface area contributed by atoms with Crippen molar-refractivity contribution in [1.82, 2.24) is 14.5 Å². The Bertz CT molecular complexity index is 3470. The van der Waals surface area contributed by atoms with Crippen molar-refractivity contribution in [3.63, 3.8) is 0 Å². The molecule has 0 bridgehead atoms. The monoisotopic (exact) mass is 677 g/mol. The van der Waals surface area contributed by atoms with Crippen LogP contribution in [-0.4, -0.2) is 14.5 Å². The summed E-state index contributed by atoms with van der Waals surface area (Å²) in [6, 6.07) is 59.2. The van der Waals surface area contributed by atoms with Crippen molar-refractivity contribution in [2.45, 2.75) is 0 Å². The fourth-order valence-corrected chi connectivity index (χ4v) is 10.00. The maximum absolute atomic E-state index is 5.66. The van der Waals surface area contributed by atoms with Crippen LogP contribution >= 0.6 is 11.3 Å². The van der Waals surface area contributed by atoms with Gasteiger partial charge in [0.25, 0.3) is 0 Å². The Balaban J connectivity index is 1.36. The zero-order valence-corrected chi connectivity index (χ0v) is 28.7. The van der Waals surface area contributed by atoms with Gasteiger partial charge in [-0.25, -0.2) is 9.97 Å². The number of rotatable bonds is 2. The van der Waals surface area contributed by atoms with Crippen LogP contribution in [0.5, 0.6) is 0 Å². The molecule has 0 aliphatic carbocycles. The summed E-state index contributed by atoms with van der Waals surface area (Å²) < 4.78 is 4.98. The van der Waals surface area contributed by atoms with E-state index in [-0.39, 0.29) is 0 Å². The fourth-order valence-electron chi connectivity index (χ4n) is 8.72. The van der Waals surface area contributed by atoms with Crippen LogP contribution in [0.25, 0.3) is 113 Å². The molecule has 0 N–H and O–H groups in total. The fraction of sp³-hybridized carbons (Fsp3) is 0. The molecule has 0 aliphatic rings. The van der Waals surface area contributed by atoms with Gasteiger partial charge in [-0.2, -0.15) is 0 Å². The van der Waals surface area contributed by atoms with Gasteiger partial charge in [-0.15, -0.1) is 11.3 Å². The van der Waals surface area contributed by atoms with Crippen LogP contribution in [-0.2, 0) is 0 Å². The first-order chi connectivity index (χ1) is 25.8. The molecule has 0 aliphatic heterocycles. The third kappa shape index (κ3) is 3.74. The molecule has 12 rings (SSSR count). The largest absolute Gasteiger partial charge is 0.277 e. The number of benzene rings is 9. The van der Waals surface area contributed by atoms with E-state index in [2.05, 4.69) is 168 Å². The minimum absolute atomic E-state index is 0.675. The maximum Gasteiger partial charge on any atom is 0.235 e. The molecule has 240 valence electrons. The van der Waals surface area contributed by atoms with Gasteiger partial charge in [0, 0.05) is 58.1 Å². The third-order valence-corrected chi connectivity index (χ3v) is 12.1. The lowest BCUT2D eigenvalue weighted by Crippen LogP contribution is -2.04. The van der Waals surface area contributed by atoms with Crippen molar-refractivity contribution in [3.05, 3.63) is 164 Å². The topological polar surface area (TPSA) is 30.7 Å². The molecule has 12 aromatic rings. The highest BCUT2D eigenvalue weighted by molar-refractivity contribution is 7.27. The first kappa shape index (κ1) is 28.1. The normalized spacial score (nSPS) is 12.2. The highest BCUT2D eigenvalue weighted by atomic mass is 32.1. The third-order valence-electron chi connectivity index (χ3n) is 11.0. The molecule has 0 spiro atoms. The Kier molecular flexibility index (Phi) is 5.65. The van der Waals surface area contributed by atoms with E-state index in [4.69, 9.17) is 9.97 Å². The number of hydrogen-bond acceptors (Lipinski definition) is 3. The van der Waals surface area contributed by atoms with Crippen molar-refractivity contribution in [2.75, 3.05) is 0 Å². The summed E-state index contributed by atoms with van der Waals surface area (Å²) in [5, 5.41) is 15.6. The van der Waals surface area contributed by atoms with Gasteiger partial charge in [0.1, 0.15) is 0 Å². The number of fused-ring (bicyclic) bond motifs is 16. The summed E-state index contributed by atoms with van der Waals surface area (Å²) in [5.74, 6) is 0.675. The van der Waals surface area contributed by atoms with E-state index in [1.807, 2.05) is 11.3 Å². The van der Waals surface area contributed by atoms with Gasteiger partial charge in [-0.05, 0) is 39.1 Å². The molecule has 4 heteroatoms. The van der Waals surface area contributed by atoms with Gasteiger partial charge >= 0.3 is 0 Å². The minimum Gasteiger partial charge on any atom is -0.277 e. The second kappa shape index (κ2) is 10.5. The van der Waals surface area contributed by atoms with Crippen LogP contribution in [0.4, 0.5) is 0 Å². The predicted octanol–water partition coefficient (Wildman–Crippen LogP) is 13.4. The molecule has 9 aromatic carbocycles. The number of aromatic nitrogens is 3. The van der Waals surface area contributed by atoms with Gasteiger partial charge in [0.05, 0.1) is 22.2 Å². The van der Waals surface area contributed by atoms with E-state index in [1.165, 1.54) is 63.3 Å². The van der Waals surface area contributed by atoms with Gasteiger partial charge < -0.3 is 0 Å². The van der Waals surface area contributed by atoms with Crippen molar-refractivity contribution >= 4 is 107 Å². The van der Waals surface area contributed by atoms with Crippen LogP contribution in [0, 0.1) is 0 Å². The van der Waals surface area contributed by atoms with Crippen LogP contribution in [0.15, 0.2) is 164 Å². The molecule has 0 saturated carbocycles. The molecule has 0 fully saturated rings. The van der Waals surface area contributed by atoms with Crippen LogP contribution in [0.2, 0.25) is 0 Å². The first-order valence-electron chi connectivity index (χ1n) is 17.7. The zero-order valence-electron chi connectivity index (χ0n) is 27.8. The van der Waals surface area contributed by atoms with Crippen molar-refractivity contribution in [2.24, 2.45) is 0 Å². The van der Waals surface area contributed by atoms with Gasteiger partial charge in [-0.3, -0.25) is 4.57 Å². The van der Waals surface area contributed by atoms with E-state index in [1.54, 1.807) is 0 Å². The number of nitrogens with zero attached hydrogens (tertiary/aromatic N) is 3. The predicted molar refractivity (Wildman–Crippen MR) is 222 cm³/mol. The molecular weight excluding hydrogens is 651 g/mol. The van der Waals surface area contributed by atoms with E-state index < -0.39 is 0 Å². The molecule has 0 amide bonds. The standard InChI is InChI=1S/C48H27N3S/c1-4-16-31-28(12-1)15-11-22-35(31)44-39-27-25-29-13-2-5-17-32(29)43(39)49-48(50-44)51-45-33-18-6-3-14-30(33)24-26-38(45)42-46(51)36-20-8-7-19-34(36)41-37-21-9-10-23-40(37)52-47(41)42/h1-27H. The summed E-state index contributed by atoms with van der Waals surface area (Å²) in [6.45, 7) is 0. The number of thiophene rings is 1. The lowest BCUT2D eigenvalue weighted by Gasteiger charge is -2.15. The van der Waals surface area contributed by atoms with E-state index in [9.17, 15) is 0 Å². The molecule has 0 saturated heterocycles. The van der Waals surface area contributed by atoms with Crippen LogP contribution < -0.4 is 0 Å². The molecule has 3 heterocycles. The molecule has 52 heavy (non-hydrogen) atoms. The van der Waals surface area contributed by atoms with Crippen molar-refractivity contribution in [1.29, 1.82) is 0 Å². The SMILES string of the molecule is c1ccc2c(-c3nc(-n4c5c6ccccc6ccc5c5c6sc7ccccc7c6c6ccccc6c54)nc4c3ccc3ccccc34)cccc2c1. The van der Waals surface area contributed by atoms with Gasteiger partial charge in [0.15, 0.2) is 0 Å². The maximum atomic E-state index is 5.66. The van der Waals surface area contributed by atoms with E-state index in [0.29, 0.717) is 5.95 Å². The molecule has 3 aromatic heterocycles. The highest BCUT2D eigenvalue weighted by Crippen LogP contribution is 2.49. The average Bonchev–Trinajstić information content (AvgIpc) is 3.77. The Labute approximate surface area is 301 Å². The summed E-state index contributed by atoms with van der Waals surface area (Å²) in [7, 11) is 0. The molecular formula is C48H27N3S. The zero-order chi connectivity index (χ0) is 33.9. The quantitative estimate of drug-likeness (QED) is 0.171. The van der Waals surface area contributed by atoms with Crippen LogP contribution in [0.3, 0.4) is 0 Å². The Hall–Kier alpha value is -6.62. The Morgan fingerprint density at radius 3 is 1.79 bits per heavy atom. The number of hydrogen-bond donors (Lipinski definition) is 0. The van der Waals surface area contributed by atoms with E-state index >= 15 is 0 Å². The molecule has 0 atom stereocenters. The first-order valence-corrected chi connectivity index (χ1v) is 18.5. The summed E-state index contributed by atoms with van der Waals surface area (Å²) >= 11 is 1.89. The van der Waals surface area contributed by atoms with Gasteiger partial charge in [0.2, 0.25) is 5.95 Å². The molecule has 0 radical (unpaired) electrons. The van der Waals surface area contributed by atoms with Gasteiger partial charge in [-0.1, -0.05) is 152 Å². The van der Waals surface area contributed by atoms with Crippen molar-refractivity contribution in [3.8, 4) is 17.2 Å². The highest BCUT2D eigenvalue weighted by Gasteiger charge is 2.25. The second-order valence-electron chi connectivity index (χ2n) is 13.7. The molecule has 0 unspecified atom stereocenters. The summed E-state index contributed by atoms with van der Waals surface area (Å²) in [5.41, 5.74) is 5.26. The molecule has 3 nitrogen and oxygen atoms in total. The lowest BCUT2D eigenvalue weighted by atomic mass is 9.97. The second-order valence-corrected chi connectivity index (χ2v) is 14.7. The Morgan fingerprint density at radius 2 is 0.981 bits per heavy atom. The van der Waals surface area contributed by atoms with Crippen LogP contribution in [0.1, 0.15) is 0 Å².